The maximum atomic E-state index is 13.4. The summed E-state index contributed by atoms with van der Waals surface area (Å²) in [6.07, 6.45) is -0.562. The molecular formula is C37H30N2O5. The molecule has 0 bridgehead atoms. The minimum Gasteiger partial charge on any atom is -0.480 e. The van der Waals surface area contributed by atoms with Gasteiger partial charge < -0.3 is 20.1 Å². The number of carboxylic acid groups (broad SMARTS) is 1. The van der Waals surface area contributed by atoms with Crippen LogP contribution in [-0.4, -0.2) is 54.2 Å². The summed E-state index contributed by atoms with van der Waals surface area (Å²) < 4.78 is 5.59. The SMILES string of the molecule is O=C(O)CN(CCNC(=O)OCC1c2ccccc2-c2ccccc21)C(=O)Cc1ccc2ccc3cccc4ccc1c2c34. The Labute approximate surface area is 254 Å². The molecule has 2 amide bonds. The molecule has 0 aliphatic heterocycles. The molecule has 0 saturated carbocycles. The quantitative estimate of drug-likeness (QED) is 0.188. The van der Waals surface area contributed by atoms with Crippen LogP contribution in [0.1, 0.15) is 22.6 Å². The van der Waals surface area contributed by atoms with Crippen molar-refractivity contribution in [2.75, 3.05) is 26.2 Å². The lowest BCUT2D eigenvalue weighted by Gasteiger charge is -2.22. The van der Waals surface area contributed by atoms with E-state index in [1.54, 1.807) is 0 Å². The second kappa shape index (κ2) is 11.3. The summed E-state index contributed by atoms with van der Waals surface area (Å²) in [5, 5.41) is 18.8. The molecule has 6 aromatic carbocycles. The van der Waals surface area contributed by atoms with E-state index in [2.05, 4.69) is 59.9 Å². The van der Waals surface area contributed by atoms with Gasteiger partial charge in [-0.05, 0) is 60.1 Å². The van der Waals surface area contributed by atoms with Gasteiger partial charge in [0.2, 0.25) is 5.91 Å². The number of nitrogens with zero attached hydrogens (tertiary/aromatic N) is 1. The van der Waals surface area contributed by atoms with Crippen LogP contribution in [0.25, 0.3) is 43.4 Å². The van der Waals surface area contributed by atoms with Crippen LogP contribution >= 0.6 is 0 Å². The number of nitrogens with one attached hydrogen (secondary N) is 1. The topological polar surface area (TPSA) is 95.9 Å². The van der Waals surface area contributed by atoms with Crippen molar-refractivity contribution in [3.8, 4) is 11.1 Å². The first-order chi connectivity index (χ1) is 21.5. The highest BCUT2D eigenvalue weighted by atomic mass is 16.5. The molecule has 1 aliphatic rings. The number of carbonyl (C=O) groups is 3. The fraction of sp³-hybridized carbons (Fsp3) is 0.162. The minimum absolute atomic E-state index is 0.0428. The van der Waals surface area contributed by atoms with E-state index in [-0.39, 0.29) is 37.9 Å². The number of amides is 2. The molecular weight excluding hydrogens is 552 g/mol. The molecule has 0 unspecified atom stereocenters. The summed E-state index contributed by atoms with van der Waals surface area (Å²) in [4.78, 5) is 39.0. The molecule has 6 aromatic rings. The third-order valence-corrected chi connectivity index (χ3v) is 8.63. The van der Waals surface area contributed by atoms with Crippen molar-refractivity contribution in [1.29, 1.82) is 0 Å². The van der Waals surface area contributed by atoms with Gasteiger partial charge in [-0.25, -0.2) is 4.79 Å². The lowest BCUT2D eigenvalue weighted by atomic mass is 9.91. The van der Waals surface area contributed by atoms with Gasteiger partial charge in [0.25, 0.3) is 0 Å². The molecule has 2 N–H and O–H groups in total. The fourth-order valence-corrected chi connectivity index (χ4v) is 6.62. The Morgan fingerprint density at radius 3 is 2.02 bits per heavy atom. The highest BCUT2D eigenvalue weighted by Crippen LogP contribution is 2.44. The van der Waals surface area contributed by atoms with E-state index in [9.17, 15) is 19.5 Å². The number of fused-ring (bicyclic) bond motifs is 3. The molecule has 0 heterocycles. The van der Waals surface area contributed by atoms with Crippen molar-refractivity contribution in [2.24, 2.45) is 0 Å². The summed E-state index contributed by atoms with van der Waals surface area (Å²) >= 11 is 0. The molecule has 0 spiro atoms. The Balaban J connectivity index is 1.01. The zero-order valence-electron chi connectivity index (χ0n) is 24.0. The van der Waals surface area contributed by atoms with Gasteiger partial charge in [0.15, 0.2) is 0 Å². The molecule has 1 aliphatic carbocycles. The van der Waals surface area contributed by atoms with Crippen LogP contribution in [0.4, 0.5) is 4.79 Å². The van der Waals surface area contributed by atoms with Gasteiger partial charge in [-0.3, -0.25) is 9.59 Å². The molecule has 0 saturated heterocycles. The average Bonchev–Trinajstić information content (AvgIpc) is 3.36. The van der Waals surface area contributed by atoms with E-state index in [0.717, 1.165) is 60.1 Å². The van der Waals surface area contributed by atoms with Crippen molar-refractivity contribution < 1.29 is 24.2 Å². The van der Waals surface area contributed by atoms with Crippen LogP contribution in [0.2, 0.25) is 0 Å². The maximum absolute atomic E-state index is 13.4. The average molecular weight is 583 g/mol. The van der Waals surface area contributed by atoms with Crippen molar-refractivity contribution in [3.63, 3.8) is 0 Å². The van der Waals surface area contributed by atoms with E-state index >= 15 is 0 Å². The molecule has 0 atom stereocenters. The van der Waals surface area contributed by atoms with Gasteiger partial charge in [0, 0.05) is 19.0 Å². The van der Waals surface area contributed by atoms with E-state index in [1.165, 1.54) is 4.90 Å². The number of carboxylic acids is 1. The summed E-state index contributed by atoms with van der Waals surface area (Å²) in [6, 6.07) is 34.6. The van der Waals surface area contributed by atoms with Gasteiger partial charge in [0.05, 0.1) is 6.42 Å². The Kier molecular flexibility index (Phi) is 7.06. The summed E-state index contributed by atoms with van der Waals surface area (Å²) in [5.41, 5.74) is 5.35. The Hall–Kier alpha value is -5.43. The Morgan fingerprint density at radius 1 is 0.727 bits per heavy atom. The van der Waals surface area contributed by atoms with Gasteiger partial charge in [-0.1, -0.05) is 103 Å². The number of hydrogen-bond donors (Lipinski definition) is 2. The monoisotopic (exact) mass is 582 g/mol. The first kappa shape index (κ1) is 27.4. The van der Waals surface area contributed by atoms with Crippen LogP contribution < -0.4 is 5.32 Å². The largest absolute Gasteiger partial charge is 0.480 e. The Bertz CT molecular complexity index is 1990. The number of carbonyl (C=O) groups excluding carboxylic acids is 2. The van der Waals surface area contributed by atoms with Crippen molar-refractivity contribution in [1.82, 2.24) is 10.2 Å². The minimum atomic E-state index is -1.12. The third kappa shape index (κ3) is 4.96. The molecule has 44 heavy (non-hydrogen) atoms. The van der Waals surface area contributed by atoms with Crippen LogP contribution in [0.3, 0.4) is 0 Å². The highest BCUT2D eigenvalue weighted by molar-refractivity contribution is 6.23. The number of benzene rings is 6. The van der Waals surface area contributed by atoms with Crippen LogP contribution in [0.5, 0.6) is 0 Å². The van der Waals surface area contributed by atoms with E-state index in [0.29, 0.717) is 0 Å². The Morgan fingerprint density at radius 2 is 1.34 bits per heavy atom. The molecule has 0 aromatic heterocycles. The zero-order chi connectivity index (χ0) is 30.2. The van der Waals surface area contributed by atoms with Crippen molar-refractivity contribution in [3.05, 3.63) is 120 Å². The van der Waals surface area contributed by atoms with Gasteiger partial charge in [-0.2, -0.15) is 0 Å². The smallest absolute Gasteiger partial charge is 0.407 e. The summed E-state index contributed by atoms with van der Waals surface area (Å²) in [6.45, 7) is -0.182. The lowest BCUT2D eigenvalue weighted by Crippen LogP contribution is -2.42. The van der Waals surface area contributed by atoms with Crippen LogP contribution in [0, 0.1) is 0 Å². The molecule has 0 fully saturated rings. The first-order valence-electron chi connectivity index (χ1n) is 14.7. The van der Waals surface area contributed by atoms with E-state index in [4.69, 9.17) is 4.74 Å². The third-order valence-electron chi connectivity index (χ3n) is 8.63. The molecule has 7 rings (SSSR count). The van der Waals surface area contributed by atoms with Crippen LogP contribution in [0.15, 0.2) is 103 Å². The first-order valence-corrected chi connectivity index (χ1v) is 14.7. The van der Waals surface area contributed by atoms with E-state index in [1.807, 2.05) is 48.5 Å². The summed E-state index contributed by atoms with van der Waals surface area (Å²) in [5.74, 6) is -1.50. The van der Waals surface area contributed by atoms with Crippen molar-refractivity contribution >= 4 is 50.3 Å². The number of hydrogen-bond acceptors (Lipinski definition) is 4. The molecule has 7 nitrogen and oxygen atoms in total. The standard InChI is InChI=1S/C37H30N2O5/c40-33(20-26-15-14-25-13-12-23-6-5-7-24-16-17-27(26)36(25)35(23)24)39(21-34(41)42)19-18-38-37(43)44-22-32-30-10-3-1-8-28(30)29-9-2-4-11-31(29)32/h1-17,32H,18-22H2,(H,38,43)(H,41,42). The maximum Gasteiger partial charge on any atom is 0.407 e. The zero-order valence-corrected chi connectivity index (χ0v) is 24.0. The van der Waals surface area contributed by atoms with Gasteiger partial charge in [-0.15, -0.1) is 0 Å². The number of alkyl carbamates (subject to hydrolysis) is 1. The lowest BCUT2D eigenvalue weighted by molar-refractivity contribution is -0.144. The predicted molar refractivity (Wildman–Crippen MR) is 171 cm³/mol. The number of aliphatic carboxylic acids is 1. The normalized spacial score (nSPS) is 12.4. The second-order valence-electron chi connectivity index (χ2n) is 11.2. The van der Waals surface area contributed by atoms with Crippen LogP contribution in [-0.2, 0) is 20.7 Å². The highest BCUT2D eigenvalue weighted by Gasteiger charge is 2.29. The second-order valence-corrected chi connectivity index (χ2v) is 11.2. The molecule has 218 valence electrons. The molecule has 7 heteroatoms. The van der Waals surface area contributed by atoms with Gasteiger partial charge >= 0.3 is 12.1 Å². The fourth-order valence-electron chi connectivity index (χ4n) is 6.62. The van der Waals surface area contributed by atoms with Gasteiger partial charge in [0.1, 0.15) is 13.2 Å². The number of ether oxygens (including phenoxy) is 1. The number of rotatable bonds is 9. The van der Waals surface area contributed by atoms with E-state index < -0.39 is 18.6 Å². The van der Waals surface area contributed by atoms with Crippen molar-refractivity contribution in [2.45, 2.75) is 12.3 Å². The predicted octanol–water partition coefficient (Wildman–Crippen LogP) is 6.58. The summed E-state index contributed by atoms with van der Waals surface area (Å²) in [7, 11) is 0. The molecule has 0 radical (unpaired) electrons.